The van der Waals surface area contributed by atoms with E-state index in [2.05, 4.69) is 24.5 Å². The molecule has 1 amide bonds. The molecule has 1 aromatic carbocycles. The van der Waals surface area contributed by atoms with Crippen molar-refractivity contribution in [3.05, 3.63) is 35.4 Å². The van der Waals surface area contributed by atoms with E-state index >= 15 is 0 Å². The molecular formula is C22H30N2OS. The van der Waals surface area contributed by atoms with Crippen LogP contribution in [0.1, 0.15) is 68.3 Å². The number of carbonyl (C=O) groups excluding carboxylic acids is 1. The Kier molecular flexibility index (Phi) is 4.81. The first-order valence-corrected chi connectivity index (χ1v) is 10.6. The lowest BCUT2D eigenvalue weighted by Crippen LogP contribution is -2.57. The molecule has 0 spiro atoms. The van der Waals surface area contributed by atoms with Gasteiger partial charge in [0.05, 0.1) is 0 Å². The first kappa shape index (κ1) is 18.0. The van der Waals surface area contributed by atoms with Crippen molar-refractivity contribution in [3.63, 3.8) is 0 Å². The molecule has 5 rings (SSSR count). The number of nitrogens with one attached hydrogen (secondary N) is 2. The fourth-order valence-corrected chi connectivity index (χ4v) is 6.43. The van der Waals surface area contributed by atoms with Crippen LogP contribution in [0.25, 0.3) is 0 Å². The predicted octanol–water partition coefficient (Wildman–Crippen LogP) is 4.46. The maximum Gasteiger partial charge on any atom is 0.257 e. The molecule has 0 saturated heterocycles. The highest BCUT2D eigenvalue weighted by molar-refractivity contribution is 7.80. The zero-order valence-corrected chi connectivity index (χ0v) is 16.7. The van der Waals surface area contributed by atoms with Gasteiger partial charge in [-0.05, 0) is 105 Å². The van der Waals surface area contributed by atoms with Gasteiger partial charge in [0.2, 0.25) is 0 Å². The second-order valence-electron chi connectivity index (χ2n) is 8.98. The number of aryl methyl sites for hydroxylation is 1. The normalized spacial score (nSPS) is 32.9. The minimum Gasteiger partial charge on any atom is -0.359 e. The first-order valence-electron chi connectivity index (χ1n) is 10.2. The predicted molar refractivity (Wildman–Crippen MR) is 109 cm³/mol. The van der Waals surface area contributed by atoms with E-state index in [4.69, 9.17) is 12.2 Å². The van der Waals surface area contributed by atoms with Gasteiger partial charge in [-0.15, -0.1) is 0 Å². The van der Waals surface area contributed by atoms with Crippen molar-refractivity contribution in [2.24, 2.45) is 23.2 Å². The number of benzene rings is 1. The summed E-state index contributed by atoms with van der Waals surface area (Å²) < 4.78 is 0. The van der Waals surface area contributed by atoms with Crippen molar-refractivity contribution < 1.29 is 4.79 Å². The molecule has 4 aliphatic rings. The Labute approximate surface area is 162 Å². The van der Waals surface area contributed by atoms with Crippen LogP contribution in [0.5, 0.6) is 0 Å². The van der Waals surface area contributed by atoms with Crippen LogP contribution in [0.15, 0.2) is 24.3 Å². The third kappa shape index (κ3) is 3.40. The molecule has 0 aliphatic heterocycles. The van der Waals surface area contributed by atoms with Gasteiger partial charge < -0.3 is 5.32 Å². The lowest BCUT2D eigenvalue weighted by molar-refractivity contribution is -0.0672. The molecule has 4 bridgehead atoms. The van der Waals surface area contributed by atoms with E-state index in [9.17, 15) is 4.79 Å². The fraction of sp³-hybridized carbons (Fsp3) is 0.636. The van der Waals surface area contributed by atoms with Gasteiger partial charge in [0.25, 0.3) is 5.91 Å². The molecule has 26 heavy (non-hydrogen) atoms. The van der Waals surface area contributed by atoms with Crippen LogP contribution in [0.2, 0.25) is 0 Å². The second kappa shape index (κ2) is 6.95. The molecule has 4 heteroatoms. The molecule has 0 heterocycles. The van der Waals surface area contributed by atoms with Crippen molar-refractivity contribution >= 4 is 23.2 Å². The molecule has 4 aliphatic carbocycles. The summed E-state index contributed by atoms with van der Waals surface area (Å²) in [6.07, 6.45) is 9.32. The van der Waals surface area contributed by atoms with E-state index in [1.807, 2.05) is 24.3 Å². The average molecular weight is 371 g/mol. The number of thiocarbonyl (C=S) groups is 1. The molecule has 0 unspecified atom stereocenters. The summed E-state index contributed by atoms with van der Waals surface area (Å²) >= 11 is 5.47. The van der Waals surface area contributed by atoms with Crippen LogP contribution in [0.4, 0.5) is 0 Å². The maximum absolute atomic E-state index is 12.4. The maximum atomic E-state index is 12.4. The van der Waals surface area contributed by atoms with Crippen LogP contribution in [-0.4, -0.2) is 17.1 Å². The van der Waals surface area contributed by atoms with Crippen LogP contribution in [0.3, 0.4) is 0 Å². The Morgan fingerprint density at radius 3 is 2.15 bits per heavy atom. The van der Waals surface area contributed by atoms with E-state index in [1.54, 1.807) is 0 Å². The quantitative estimate of drug-likeness (QED) is 0.769. The standard InChI is InChI=1S/C22H30N2OS/c1-3-15-4-6-19(7-5-15)20(25)24-21(26)23-14(2)22-11-16-8-17(12-22)10-18(9-16)13-22/h4-7,14,16-18H,3,8-13H2,1-2H3,(H2,23,24,25,26)/t14-,16?,17?,18?,22?/m0/s1. The Balaban J connectivity index is 1.36. The topological polar surface area (TPSA) is 41.1 Å². The molecule has 1 atom stereocenters. The summed E-state index contributed by atoms with van der Waals surface area (Å²) in [6.45, 7) is 4.38. The molecular weight excluding hydrogens is 340 g/mol. The van der Waals surface area contributed by atoms with Gasteiger partial charge in [0, 0.05) is 11.6 Å². The largest absolute Gasteiger partial charge is 0.359 e. The van der Waals surface area contributed by atoms with Gasteiger partial charge in [-0.1, -0.05) is 19.1 Å². The van der Waals surface area contributed by atoms with Gasteiger partial charge in [0.15, 0.2) is 5.11 Å². The average Bonchev–Trinajstić information content (AvgIpc) is 2.60. The molecule has 2 N–H and O–H groups in total. The van der Waals surface area contributed by atoms with Crippen LogP contribution in [-0.2, 0) is 6.42 Å². The first-order chi connectivity index (χ1) is 12.5. The summed E-state index contributed by atoms with van der Waals surface area (Å²) in [5.74, 6) is 2.64. The Morgan fingerprint density at radius 1 is 1.12 bits per heavy atom. The third-order valence-electron chi connectivity index (χ3n) is 7.20. The lowest BCUT2D eigenvalue weighted by atomic mass is 9.48. The van der Waals surface area contributed by atoms with Crippen molar-refractivity contribution in [1.82, 2.24) is 10.6 Å². The summed E-state index contributed by atoms with van der Waals surface area (Å²) in [5, 5.41) is 6.81. The number of rotatable bonds is 4. The molecule has 3 nitrogen and oxygen atoms in total. The fourth-order valence-electron chi connectivity index (χ4n) is 6.16. The monoisotopic (exact) mass is 370 g/mol. The number of hydrogen-bond acceptors (Lipinski definition) is 2. The summed E-state index contributed by atoms with van der Waals surface area (Å²) in [7, 11) is 0. The molecule has 140 valence electrons. The Hall–Kier alpha value is -1.42. The highest BCUT2D eigenvalue weighted by atomic mass is 32.1. The van der Waals surface area contributed by atoms with Gasteiger partial charge in [0.1, 0.15) is 0 Å². The van der Waals surface area contributed by atoms with Crippen molar-refractivity contribution in [1.29, 1.82) is 0 Å². The summed E-state index contributed by atoms with van der Waals surface area (Å²) in [4.78, 5) is 12.4. The van der Waals surface area contributed by atoms with Crippen LogP contribution >= 0.6 is 12.2 Å². The number of hydrogen-bond donors (Lipinski definition) is 2. The van der Waals surface area contributed by atoms with Crippen molar-refractivity contribution in [2.75, 3.05) is 0 Å². The number of amides is 1. The molecule has 4 saturated carbocycles. The molecule has 0 radical (unpaired) electrons. The highest BCUT2D eigenvalue weighted by Crippen LogP contribution is 2.61. The van der Waals surface area contributed by atoms with Crippen LogP contribution in [0, 0.1) is 23.2 Å². The molecule has 4 fully saturated rings. The van der Waals surface area contributed by atoms with Crippen molar-refractivity contribution in [3.8, 4) is 0 Å². The van der Waals surface area contributed by atoms with E-state index in [1.165, 1.54) is 44.1 Å². The van der Waals surface area contributed by atoms with Crippen LogP contribution < -0.4 is 10.6 Å². The smallest absolute Gasteiger partial charge is 0.257 e. The lowest BCUT2D eigenvalue weighted by Gasteiger charge is -2.59. The third-order valence-corrected chi connectivity index (χ3v) is 7.42. The van der Waals surface area contributed by atoms with E-state index in [0.29, 0.717) is 22.1 Å². The number of carbonyl (C=O) groups is 1. The minimum atomic E-state index is -0.122. The molecule has 0 aromatic heterocycles. The highest BCUT2D eigenvalue weighted by Gasteiger charge is 2.53. The van der Waals surface area contributed by atoms with Gasteiger partial charge in [-0.25, -0.2) is 0 Å². The summed E-state index contributed by atoms with van der Waals surface area (Å²) in [5.41, 5.74) is 2.28. The minimum absolute atomic E-state index is 0.122. The second-order valence-corrected chi connectivity index (χ2v) is 9.39. The van der Waals surface area contributed by atoms with E-state index < -0.39 is 0 Å². The zero-order valence-electron chi connectivity index (χ0n) is 15.9. The zero-order chi connectivity index (χ0) is 18.3. The Morgan fingerprint density at radius 2 is 1.65 bits per heavy atom. The van der Waals surface area contributed by atoms with Gasteiger partial charge in [-0.3, -0.25) is 10.1 Å². The molecule has 1 aromatic rings. The summed E-state index contributed by atoms with van der Waals surface area (Å²) in [6, 6.07) is 8.08. The van der Waals surface area contributed by atoms with E-state index in [0.717, 1.165) is 24.2 Å². The van der Waals surface area contributed by atoms with Gasteiger partial charge in [-0.2, -0.15) is 0 Å². The Bertz CT molecular complexity index is 661. The SMILES string of the molecule is CCc1ccc(C(=O)NC(=S)N[C@@H](C)C23CC4CC(CC(C4)C2)C3)cc1. The van der Waals surface area contributed by atoms with Crippen molar-refractivity contribution in [2.45, 2.75) is 64.8 Å². The van der Waals surface area contributed by atoms with Gasteiger partial charge >= 0.3 is 0 Å². The van der Waals surface area contributed by atoms with E-state index in [-0.39, 0.29) is 5.91 Å².